The summed E-state index contributed by atoms with van der Waals surface area (Å²) < 4.78 is 29.5. The molecular weight excluding hydrogens is 606 g/mol. The number of hydrogen-bond donors (Lipinski definition) is 1. The largest absolute Gasteiger partial charge is 0.352 e. The van der Waals surface area contributed by atoms with Crippen molar-refractivity contribution in [2.75, 3.05) is 10.8 Å². The minimum atomic E-state index is -4.16. The maximum atomic E-state index is 14.6. The SMILES string of the molecule is CC[C@H](C)NC(=O)[C@H](Cc1ccccc1)N(Cc1ccc(Cl)cc1)C(=O)CN(c1ccc(C)cc1C)S(=O)(=O)c1ccccc1. The van der Waals surface area contributed by atoms with Crippen LogP contribution in [0.15, 0.2) is 108 Å². The van der Waals surface area contributed by atoms with Gasteiger partial charge < -0.3 is 10.2 Å². The van der Waals surface area contributed by atoms with Crippen LogP contribution in [-0.4, -0.2) is 43.8 Å². The van der Waals surface area contributed by atoms with Gasteiger partial charge in [-0.2, -0.15) is 0 Å². The molecule has 4 rings (SSSR count). The van der Waals surface area contributed by atoms with Gasteiger partial charge in [0.15, 0.2) is 0 Å². The summed E-state index contributed by atoms with van der Waals surface area (Å²) in [6.07, 6.45) is 0.960. The maximum absolute atomic E-state index is 14.6. The molecule has 0 aliphatic carbocycles. The van der Waals surface area contributed by atoms with Gasteiger partial charge in [-0.3, -0.25) is 13.9 Å². The second-order valence-electron chi connectivity index (χ2n) is 11.3. The van der Waals surface area contributed by atoms with Crippen LogP contribution in [0, 0.1) is 13.8 Å². The number of nitrogens with one attached hydrogen (secondary N) is 1. The molecule has 0 aliphatic heterocycles. The summed E-state index contributed by atoms with van der Waals surface area (Å²) >= 11 is 6.16. The van der Waals surface area contributed by atoms with Gasteiger partial charge in [0.25, 0.3) is 10.0 Å². The van der Waals surface area contributed by atoms with Crippen LogP contribution in [-0.2, 0) is 32.6 Å². The van der Waals surface area contributed by atoms with Crippen molar-refractivity contribution >= 4 is 39.1 Å². The van der Waals surface area contributed by atoms with E-state index in [4.69, 9.17) is 11.6 Å². The van der Waals surface area contributed by atoms with Gasteiger partial charge >= 0.3 is 0 Å². The third-order valence-corrected chi connectivity index (χ3v) is 9.80. The van der Waals surface area contributed by atoms with Crippen molar-refractivity contribution in [2.45, 2.75) is 64.1 Å². The summed E-state index contributed by atoms with van der Waals surface area (Å²) in [7, 11) is -4.16. The van der Waals surface area contributed by atoms with Gasteiger partial charge in [-0.25, -0.2) is 8.42 Å². The summed E-state index contributed by atoms with van der Waals surface area (Å²) in [5.41, 5.74) is 3.70. The third-order valence-electron chi connectivity index (χ3n) is 7.77. The highest BCUT2D eigenvalue weighted by Gasteiger charge is 2.35. The number of sulfonamides is 1. The molecule has 0 unspecified atom stereocenters. The van der Waals surface area contributed by atoms with E-state index < -0.39 is 28.5 Å². The molecule has 236 valence electrons. The fourth-order valence-corrected chi connectivity index (χ4v) is 6.73. The quantitative estimate of drug-likeness (QED) is 0.175. The first-order valence-electron chi connectivity index (χ1n) is 15.0. The van der Waals surface area contributed by atoms with E-state index >= 15 is 0 Å². The van der Waals surface area contributed by atoms with Crippen LogP contribution in [0.25, 0.3) is 0 Å². The number of halogens is 1. The number of nitrogens with zero attached hydrogens (tertiary/aromatic N) is 2. The Morgan fingerprint density at radius 3 is 2.07 bits per heavy atom. The highest BCUT2D eigenvalue weighted by molar-refractivity contribution is 7.92. The highest BCUT2D eigenvalue weighted by Crippen LogP contribution is 2.28. The Bertz CT molecular complexity index is 1700. The van der Waals surface area contributed by atoms with Crippen LogP contribution in [0.1, 0.15) is 42.5 Å². The lowest BCUT2D eigenvalue weighted by Gasteiger charge is -2.34. The van der Waals surface area contributed by atoms with Crippen molar-refractivity contribution in [3.63, 3.8) is 0 Å². The van der Waals surface area contributed by atoms with Crippen LogP contribution in [0.5, 0.6) is 0 Å². The fraction of sp³-hybridized carbons (Fsp3) is 0.278. The first kappa shape index (κ1) is 33.7. The Labute approximate surface area is 271 Å². The van der Waals surface area contributed by atoms with E-state index in [0.29, 0.717) is 22.7 Å². The molecule has 4 aromatic carbocycles. The number of hydrogen-bond acceptors (Lipinski definition) is 4. The van der Waals surface area contributed by atoms with Gasteiger partial charge in [-0.05, 0) is 74.2 Å². The summed E-state index contributed by atoms with van der Waals surface area (Å²) in [6.45, 7) is 7.21. The van der Waals surface area contributed by atoms with Crippen molar-refractivity contribution in [1.29, 1.82) is 0 Å². The van der Waals surface area contributed by atoms with Gasteiger partial charge in [-0.15, -0.1) is 0 Å². The molecule has 45 heavy (non-hydrogen) atoms. The van der Waals surface area contributed by atoms with Gasteiger partial charge in [0.05, 0.1) is 10.6 Å². The summed E-state index contributed by atoms with van der Waals surface area (Å²) in [5, 5.41) is 3.59. The molecule has 4 aromatic rings. The van der Waals surface area contributed by atoms with Crippen LogP contribution < -0.4 is 9.62 Å². The smallest absolute Gasteiger partial charge is 0.264 e. The van der Waals surface area contributed by atoms with Crippen molar-refractivity contribution < 1.29 is 18.0 Å². The molecule has 0 spiro atoms. The van der Waals surface area contributed by atoms with E-state index in [0.717, 1.165) is 21.0 Å². The van der Waals surface area contributed by atoms with E-state index in [1.54, 1.807) is 48.5 Å². The minimum absolute atomic E-state index is 0.0670. The minimum Gasteiger partial charge on any atom is -0.352 e. The van der Waals surface area contributed by atoms with E-state index in [9.17, 15) is 18.0 Å². The van der Waals surface area contributed by atoms with Crippen molar-refractivity contribution in [1.82, 2.24) is 10.2 Å². The van der Waals surface area contributed by atoms with Crippen molar-refractivity contribution in [3.8, 4) is 0 Å². The van der Waals surface area contributed by atoms with Crippen molar-refractivity contribution in [3.05, 3.63) is 130 Å². The molecule has 0 saturated carbocycles. The zero-order valence-corrected chi connectivity index (χ0v) is 27.7. The lowest BCUT2D eigenvalue weighted by Crippen LogP contribution is -2.54. The van der Waals surface area contributed by atoms with E-state index in [-0.39, 0.29) is 29.8 Å². The average Bonchev–Trinajstić information content (AvgIpc) is 3.03. The monoisotopic (exact) mass is 645 g/mol. The topological polar surface area (TPSA) is 86.8 Å². The Morgan fingerprint density at radius 1 is 0.844 bits per heavy atom. The summed E-state index contributed by atoms with van der Waals surface area (Å²) in [6, 6.07) is 29.0. The molecule has 0 radical (unpaired) electrons. The number of rotatable bonds is 13. The lowest BCUT2D eigenvalue weighted by molar-refractivity contribution is -0.140. The molecule has 0 saturated heterocycles. The van der Waals surface area contributed by atoms with E-state index in [2.05, 4.69) is 5.32 Å². The molecule has 0 heterocycles. The molecule has 2 atom stereocenters. The summed E-state index contributed by atoms with van der Waals surface area (Å²) in [4.78, 5) is 30.0. The maximum Gasteiger partial charge on any atom is 0.264 e. The molecule has 2 amide bonds. The van der Waals surface area contributed by atoms with Crippen LogP contribution in [0.3, 0.4) is 0 Å². The Kier molecular flexibility index (Phi) is 11.4. The third kappa shape index (κ3) is 8.74. The first-order chi connectivity index (χ1) is 21.5. The average molecular weight is 646 g/mol. The Morgan fingerprint density at radius 2 is 1.47 bits per heavy atom. The van der Waals surface area contributed by atoms with E-state index in [1.807, 2.05) is 70.2 Å². The number of anilines is 1. The molecule has 0 bridgehead atoms. The van der Waals surface area contributed by atoms with Gasteiger partial charge in [0.2, 0.25) is 11.8 Å². The Hall–Kier alpha value is -4.14. The number of benzene rings is 4. The number of carbonyl (C=O) groups is 2. The zero-order valence-electron chi connectivity index (χ0n) is 26.1. The van der Waals surface area contributed by atoms with Gasteiger partial charge in [0.1, 0.15) is 12.6 Å². The molecule has 0 aromatic heterocycles. The Balaban J connectivity index is 1.82. The summed E-state index contributed by atoms with van der Waals surface area (Å²) in [5.74, 6) is -0.816. The van der Waals surface area contributed by atoms with Crippen molar-refractivity contribution in [2.24, 2.45) is 0 Å². The number of aryl methyl sites for hydroxylation is 2. The lowest BCUT2D eigenvalue weighted by atomic mass is 10.0. The first-order valence-corrected chi connectivity index (χ1v) is 16.8. The molecule has 1 N–H and O–H groups in total. The van der Waals surface area contributed by atoms with Gasteiger partial charge in [0, 0.05) is 24.0 Å². The molecule has 0 fully saturated rings. The number of carbonyl (C=O) groups excluding carboxylic acids is 2. The predicted octanol–water partition coefficient (Wildman–Crippen LogP) is 6.71. The molecule has 0 aliphatic rings. The van der Waals surface area contributed by atoms with E-state index in [1.165, 1.54) is 17.0 Å². The van der Waals surface area contributed by atoms with Crippen LogP contribution >= 0.6 is 11.6 Å². The molecular formula is C36H40ClN3O4S. The highest BCUT2D eigenvalue weighted by atomic mass is 35.5. The fourth-order valence-electron chi connectivity index (χ4n) is 5.10. The normalized spacial score (nSPS) is 12.6. The number of amides is 2. The van der Waals surface area contributed by atoms with Crippen LogP contribution in [0.4, 0.5) is 5.69 Å². The standard InChI is InChI=1S/C36H40ClN3O4S/c1-5-28(4)38-36(42)34(23-29-12-8-6-9-13-29)39(24-30-17-19-31(37)20-18-30)35(41)25-40(33-21-16-26(2)22-27(33)3)45(43,44)32-14-10-7-11-15-32/h6-22,28,34H,5,23-25H2,1-4H3,(H,38,42)/t28-,34-/m0/s1. The molecule has 9 heteroatoms. The van der Waals surface area contributed by atoms with Gasteiger partial charge in [-0.1, -0.05) is 96.9 Å². The predicted molar refractivity (Wildman–Crippen MR) is 181 cm³/mol. The van der Waals surface area contributed by atoms with Crippen LogP contribution in [0.2, 0.25) is 5.02 Å². The second kappa shape index (κ2) is 15.2. The zero-order chi connectivity index (χ0) is 32.6. The second-order valence-corrected chi connectivity index (χ2v) is 13.6. The molecule has 7 nitrogen and oxygen atoms in total.